The SMILES string of the molecule is Cl.FC(F)(F)C12CC(C1)C2. The van der Waals surface area contributed by atoms with Crippen molar-refractivity contribution in [3.8, 4) is 0 Å². The fourth-order valence-corrected chi connectivity index (χ4v) is 1.83. The van der Waals surface area contributed by atoms with Gasteiger partial charge in [0.05, 0.1) is 5.41 Å². The molecular formula is C6H8ClF3. The lowest BCUT2D eigenvalue weighted by molar-refractivity contribution is -0.324. The molecule has 0 aromatic rings. The minimum Gasteiger partial charge on any atom is -0.171 e. The van der Waals surface area contributed by atoms with Crippen LogP contribution in [-0.2, 0) is 0 Å². The highest BCUT2D eigenvalue weighted by molar-refractivity contribution is 5.85. The van der Waals surface area contributed by atoms with Crippen molar-refractivity contribution in [3.05, 3.63) is 0 Å². The molecule has 60 valence electrons. The van der Waals surface area contributed by atoms with Crippen LogP contribution in [0.2, 0.25) is 0 Å². The summed E-state index contributed by atoms with van der Waals surface area (Å²) < 4.78 is 35.8. The van der Waals surface area contributed by atoms with Crippen LogP contribution in [0.3, 0.4) is 0 Å². The molecule has 0 atom stereocenters. The largest absolute Gasteiger partial charge is 0.394 e. The van der Waals surface area contributed by atoms with Gasteiger partial charge in [-0.15, -0.1) is 12.4 Å². The Morgan fingerprint density at radius 1 is 1.10 bits per heavy atom. The molecule has 3 aliphatic rings. The van der Waals surface area contributed by atoms with Crippen molar-refractivity contribution < 1.29 is 13.2 Å². The number of hydrogen-bond donors (Lipinski definition) is 0. The Balaban J connectivity index is 0.000000500. The van der Waals surface area contributed by atoms with Gasteiger partial charge in [0.25, 0.3) is 0 Å². The normalized spacial score (nSPS) is 42.9. The molecule has 3 saturated carbocycles. The van der Waals surface area contributed by atoms with E-state index in [4.69, 9.17) is 0 Å². The van der Waals surface area contributed by atoms with Gasteiger partial charge in [-0.1, -0.05) is 0 Å². The van der Waals surface area contributed by atoms with E-state index >= 15 is 0 Å². The molecule has 4 heteroatoms. The summed E-state index contributed by atoms with van der Waals surface area (Å²) >= 11 is 0. The van der Waals surface area contributed by atoms with E-state index in [9.17, 15) is 13.2 Å². The van der Waals surface area contributed by atoms with Crippen LogP contribution in [0.4, 0.5) is 13.2 Å². The Kier molecular flexibility index (Phi) is 1.48. The molecule has 0 N–H and O–H groups in total. The summed E-state index contributed by atoms with van der Waals surface area (Å²) in [5.74, 6) is 0.423. The molecule has 0 nitrogen and oxygen atoms in total. The van der Waals surface area contributed by atoms with E-state index in [0.717, 1.165) is 0 Å². The first-order chi connectivity index (χ1) is 4.04. The molecule has 3 aliphatic carbocycles. The van der Waals surface area contributed by atoms with Crippen LogP contribution in [0.1, 0.15) is 19.3 Å². The second kappa shape index (κ2) is 1.81. The molecule has 0 spiro atoms. The van der Waals surface area contributed by atoms with Crippen LogP contribution in [0.15, 0.2) is 0 Å². The van der Waals surface area contributed by atoms with E-state index in [1.807, 2.05) is 0 Å². The van der Waals surface area contributed by atoms with Crippen molar-refractivity contribution >= 4 is 12.4 Å². The third kappa shape index (κ3) is 0.698. The average molecular weight is 173 g/mol. The van der Waals surface area contributed by atoms with Gasteiger partial charge in [0.15, 0.2) is 0 Å². The van der Waals surface area contributed by atoms with E-state index in [1.54, 1.807) is 0 Å². The first-order valence-corrected chi connectivity index (χ1v) is 3.10. The fraction of sp³-hybridized carbons (Fsp3) is 1.00. The van der Waals surface area contributed by atoms with Crippen molar-refractivity contribution in [1.82, 2.24) is 0 Å². The lowest BCUT2D eigenvalue weighted by atomic mass is 9.44. The van der Waals surface area contributed by atoms with Crippen molar-refractivity contribution in [2.75, 3.05) is 0 Å². The average Bonchev–Trinajstić information content (AvgIpc) is 1.08. The topological polar surface area (TPSA) is 0 Å². The minimum atomic E-state index is -3.90. The minimum absolute atomic E-state index is 0. The van der Waals surface area contributed by atoms with Crippen molar-refractivity contribution in [2.24, 2.45) is 11.3 Å². The first kappa shape index (κ1) is 8.18. The lowest BCUT2D eigenvalue weighted by Crippen LogP contribution is -2.60. The van der Waals surface area contributed by atoms with Crippen LogP contribution in [0, 0.1) is 11.3 Å². The summed E-state index contributed by atoms with van der Waals surface area (Å²) in [5.41, 5.74) is -1.20. The monoisotopic (exact) mass is 172 g/mol. The van der Waals surface area contributed by atoms with Crippen LogP contribution < -0.4 is 0 Å². The van der Waals surface area contributed by atoms with Gasteiger partial charge in [0, 0.05) is 0 Å². The van der Waals surface area contributed by atoms with Crippen molar-refractivity contribution in [3.63, 3.8) is 0 Å². The highest BCUT2D eigenvalue weighted by atomic mass is 35.5. The predicted octanol–water partition coefficient (Wildman–Crippen LogP) is 2.77. The predicted molar refractivity (Wildman–Crippen MR) is 33.1 cm³/mol. The summed E-state index contributed by atoms with van der Waals surface area (Å²) in [6, 6.07) is 0. The lowest BCUT2D eigenvalue weighted by Gasteiger charge is -2.61. The molecular weight excluding hydrogens is 165 g/mol. The molecule has 0 amide bonds. The molecule has 2 bridgehead atoms. The second-order valence-corrected chi connectivity index (χ2v) is 3.26. The van der Waals surface area contributed by atoms with Crippen LogP contribution in [-0.4, -0.2) is 6.18 Å². The van der Waals surface area contributed by atoms with Gasteiger partial charge in [-0.3, -0.25) is 0 Å². The zero-order valence-corrected chi connectivity index (χ0v) is 6.06. The maximum atomic E-state index is 11.9. The molecule has 0 saturated heterocycles. The van der Waals surface area contributed by atoms with E-state index in [-0.39, 0.29) is 12.4 Å². The Hall–Kier alpha value is 0.0800. The maximum Gasteiger partial charge on any atom is 0.394 e. The molecule has 3 rings (SSSR count). The smallest absolute Gasteiger partial charge is 0.171 e. The van der Waals surface area contributed by atoms with E-state index in [0.29, 0.717) is 25.2 Å². The second-order valence-electron chi connectivity index (χ2n) is 3.26. The van der Waals surface area contributed by atoms with Crippen LogP contribution >= 0.6 is 12.4 Å². The Morgan fingerprint density at radius 2 is 1.50 bits per heavy atom. The zero-order valence-electron chi connectivity index (χ0n) is 5.24. The molecule has 3 fully saturated rings. The van der Waals surface area contributed by atoms with Gasteiger partial charge in [0.1, 0.15) is 0 Å². The van der Waals surface area contributed by atoms with Gasteiger partial charge >= 0.3 is 6.18 Å². The van der Waals surface area contributed by atoms with Gasteiger partial charge < -0.3 is 0 Å². The molecule has 10 heavy (non-hydrogen) atoms. The van der Waals surface area contributed by atoms with Crippen LogP contribution in [0.25, 0.3) is 0 Å². The summed E-state index contributed by atoms with van der Waals surface area (Å²) in [4.78, 5) is 0. The third-order valence-corrected chi connectivity index (χ3v) is 2.64. The van der Waals surface area contributed by atoms with Gasteiger partial charge in [0.2, 0.25) is 0 Å². The summed E-state index contributed by atoms with van der Waals surface area (Å²) in [7, 11) is 0. The van der Waals surface area contributed by atoms with Gasteiger partial charge in [-0.25, -0.2) is 0 Å². The molecule has 0 aromatic heterocycles. The summed E-state index contributed by atoms with van der Waals surface area (Å²) in [5, 5.41) is 0. The quantitative estimate of drug-likeness (QED) is 0.527. The van der Waals surface area contributed by atoms with E-state index in [1.165, 1.54) is 0 Å². The Morgan fingerprint density at radius 3 is 1.50 bits per heavy atom. The third-order valence-electron chi connectivity index (χ3n) is 2.64. The Bertz CT molecular complexity index is 135. The Labute approximate surface area is 63.2 Å². The maximum absolute atomic E-state index is 11.9. The zero-order chi connectivity index (χ0) is 6.70. The highest BCUT2D eigenvalue weighted by Gasteiger charge is 2.70. The van der Waals surface area contributed by atoms with E-state index < -0.39 is 11.6 Å². The molecule has 0 aromatic carbocycles. The fourth-order valence-electron chi connectivity index (χ4n) is 1.83. The standard InChI is InChI=1S/C6H7F3.ClH/c7-6(8,9)5-1-4(2-5)3-5;/h4H,1-3H2;1H. The van der Waals surface area contributed by atoms with Crippen LogP contribution in [0.5, 0.6) is 0 Å². The van der Waals surface area contributed by atoms with Crippen molar-refractivity contribution in [1.29, 1.82) is 0 Å². The molecule has 0 aliphatic heterocycles. The number of alkyl halides is 3. The van der Waals surface area contributed by atoms with Crippen molar-refractivity contribution in [2.45, 2.75) is 25.4 Å². The number of rotatable bonds is 0. The number of hydrogen-bond acceptors (Lipinski definition) is 0. The van der Waals surface area contributed by atoms with Gasteiger partial charge in [-0.2, -0.15) is 13.2 Å². The molecule has 0 heterocycles. The molecule has 0 unspecified atom stereocenters. The first-order valence-electron chi connectivity index (χ1n) is 3.10. The van der Waals surface area contributed by atoms with E-state index in [2.05, 4.69) is 0 Å². The number of halogens is 4. The highest BCUT2D eigenvalue weighted by Crippen LogP contribution is 2.71. The summed E-state index contributed by atoms with van der Waals surface area (Å²) in [6.07, 6.45) is -2.66. The van der Waals surface area contributed by atoms with Gasteiger partial charge in [-0.05, 0) is 25.2 Å². The summed E-state index contributed by atoms with van der Waals surface area (Å²) in [6.45, 7) is 0. The molecule has 0 radical (unpaired) electrons.